The van der Waals surface area contributed by atoms with Gasteiger partial charge in [0.25, 0.3) is 0 Å². The van der Waals surface area contributed by atoms with Gasteiger partial charge < -0.3 is 10.2 Å². The van der Waals surface area contributed by atoms with Gasteiger partial charge in [-0.1, -0.05) is 65.7 Å². The maximum Gasteiger partial charge on any atom is 0.242 e. The second-order valence-corrected chi connectivity index (χ2v) is 17.8. The van der Waals surface area contributed by atoms with Crippen LogP contribution in [0, 0.1) is 36.0 Å². The second-order valence-electron chi connectivity index (χ2n) is 16.3. The summed E-state index contributed by atoms with van der Waals surface area (Å²) >= 11 is 7.92. The Bertz CT molecular complexity index is 2810. The van der Waals surface area contributed by atoms with Crippen LogP contribution >= 0.6 is 22.9 Å². The predicted octanol–water partition coefficient (Wildman–Crippen LogP) is 8.30. The van der Waals surface area contributed by atoms with E-state index < -0.39 is 35.0 Å². The van der Waals surface area contributed by atoms with Gasteiger partial charge >= 0.3 is 0 Å². The average molecular weight is 811 g/mol. The summed E-state index contributed by atoms with van der Waals surface area (Å²) in [4.78, 5) is 62.5. The number of amides is 4. The van der Waals surface area contributed by atoms with Crippen LogP contribution in [0.2, 0.25) is 5.02 Å². The molecular formula is C46H39ClN4O6S. The maximum absolute atomic E-state index is 15.3. The second kappa shape index (κ2) is 13.1. The number of hydrogen-bond donors (Lipinski definition) is 2. The van der Waals surface area contributed by atoms with Crippen molar-refractivity contribution in [3.8, 4) is 22.1 Å². The molecule has 2 saturated heterocycles. The van der Waals surface area contributed by atoms with Gasteiger partial charge in [0.1, 0.15) is 23.0 Å². The van der Waals surface area contributed by atoms with Crippen LogP contribution in [-0.4, -0.2) is 55.1 Å². The number of aromatic nitrogens is 2. The number of hydrogen-bond acceptors (Lipinski definition) is 8. The molecule has 4 amide bonds. The van der Waals surface area contributed by atoms with Crippen LogP contribution in [0.25, 0.3) is 31.4 Å². The normalized spacial score (nSPS) is 25.4. The minimum Gasteiger partial charge on any atom is -0.508 e. The molecular weight excluding hydrogens is 772 g/mol. The molecule has 0 bridgehead atoms. The van der Waals surface area contributed by atoms with E-state index in [0.29, 0.717) is 34.8 Å². The highest BCUT2D eigenvalue weighted by molar-refractivity contribution is 7.22. The van der Waals surface area contributed by atoms with Crippen LogP contribution in [0.1, 0.15) is 42.4 Å². The number of rotatable bonds is 6. The molecule has 1 saturated carbocycles. The largest absolute Gasteiger partial charge is 0.508 e. The summed E-state index contributed by atoms with van der Waals surface area (Å²) in [7, 11) is 1.73. The van der Waals surface area contributed by atoms with Crippen LogP contribution in [0.5, 0.6) is 11.5 Å². The molecule has 2 aromatic heterocycles. The Hall–Kier alpha value is -5.78. The van der Waals surface area contributed by atoms with Crippen molar-refractivity contribution in [1.82, 2.24) is 14.7 Å². The van der Waals surface area contributed by atoms with Gasteiger partial charge in [-0.05, 0) is 103 Å². The molecule has 4 heterocycles. The molecule has 3 fully saturated rings. The number of likely N-dealkylation sites (tertiary alicyclic amines) is 1. The molecule has 4 aromatic carbocycles. The molecule has 2 aliphatic heterocycles. The average Bonchev–Trinajstić information content (AvgIpc) is 3.88. The van der Waals surface area contributed by atoms with Crippen molar-refractivity contribution in [2.45, 2.75) is 39.0 Å². The molecule has 0 radical (unpaired) electrons. The van der Waals surface area contributed by atoms with Crippen LogP contribution < -0.4 is 4.90 Å². The SMILES string of the molecule is Cc1c(-c2cc(N3C(=O)[C@@H]4C[C@@H]5C(=CC[C@@H]6C(=O)N(CCc7ccc(O)cc7)C(=O)[C@@H]65)[C@H](c5ccc(O)c6ccccc56)[C@]4(C)C3=O)n(C)n2)sc2ccc(Cl)cc12. The Morgan fingerprint density at radius 1 is 0.879 bits per heavy atom. The fourth-order valence-corrected chi connectivity index (χ4v) is 11.9. The molecule has 10 nitrogen and oxygen atoms in total. The first-order valence-corrected chi connectivity index (χ1v) is 20.7. The Morgan fingerprint density at radius 2 is 1.64 bits per heavy atom. The number of aromatic hydroxyl groups is 2. The molecule has 4 aliphatic rings. The number of aryl methyl sites for hydroxylation is 2. The summed E-state index contributed by atoms with van der Waals surface area (Å²) in [5, 5.41) is 28.6. The van der Waals surface area contributed by atoms with E-state index in [1.165, 1.54) is 9.80 Å². The maximum atomic E-state index is 15.3. The van der Waals surface area contributed by atoms with Gasteiger partial charge in [-0.15, -0.1) is 11.3 Å². The lowest BCUT2D eigenvalue weighted by molar-refractivity contribution is -0.140. The molecule has 10 rings (SSSR count). The molecule has 6 atom stereocenters. The molecule has 0 unspecified atom stereocenters. The van der Waals surface area contributed by atoms with Crippen molar-refractivity contribution >= 4 is 73.2 Å². The number of imide groups is 2. The fraction of sp³-hybridized carbons (Fsp3) is 0.283. The fourth-order valence-electron chi connectivity index (χ4n) is 10.5. The van der Waals surface area contributed by atoms with Gasteiger partial charge in [-0.3, -0.25) is 28.8 Å². The third kappa shape index (κ3) is 5.18. The smallest absolute Gasteiger partial charge is 0.242 e. The van der Waals surface area contributed by atoms with E-state index in [4.69, 9.17) is 16.7 Å². The molecule has 292 valence electrons. The first kappa shape index (κ1) is 36.6. The lowest BCUT2D eigenvalue weighted by Crippen LogP contribution is -2.49. The van der Waals surface area contributed by atoms with Gasteiger partial charge in [0.05, 0.1) is 28.0 Å². The lowest BCUT2D eigenvalue weighted by Gasteiger charge is -2.49. The summed E-state index contributed by atoms with van der Waals surface area (Å²) in [6, 6.07) is 25.2. The predicted molar refractivity (Wildman–Crippen MR) is 223 cm³/mol. The Balaban J connectivity index is 1.07. The molecule has 2 N–H and O–H groups in total. The van der Waals surface area contributed by atoms with E-state index in [1.807, 2.05) is 68.5 Å². The summed E-state index contributed by atoms with van der Waals surface area (Å²) < 4.78 is 2.63. The van der Waals surface area contributed by atoms with Crippen molar-refractivity contribution in [1.29, 1.82) is 0 Å². The van der Waals surface area contributed by atoms with Crippen LogP contribution in [0.15, 0.2) is 96.6 Å². The highest BCUT2D eigenvalue weighted by Crippen LogP contribution is 2.64. The molecule has 0 spiro atoms. The highest BCUT2D eigenvalue weighted by Gasteiger charge is 2.68. The minimum atomic E-state index is -1.27. The summed E-state index contributed by atoms with van der Waals surface area (Å²) in [6.07, 6.45) is 3.05. The summed E-state index contributed by atoms with van der Waals surface area (Å²) in [5.41, 5.74) is 2.92. The van der Waals surface area contributed by atoms with Crippen molar-refractivity contribution < 1.29 is 29.4 Å². The number of phenols is 2. The number of phenolic OH excluding ortho intramolecular Hbond substituents is 2. The van der Waals surface area contributed by atoms with Crippen molar-refractivity contribution in [2.24, 2.45) is 36.1 Å². The number of benzene rings is 4. The van der Waals surface area contributed by atoms with Crippen LogP contribution in [-0.2, 0) is 32.6 Å². The Labute approximate surface area is 342 Å². The molecule has 2 aliphatic carbocycles. The lowest BCUT2D eigenvalue weighted by atomic mass is 9.51. The van der Waals surface area contributed by atoms with E-state index in [0.717, 1.165) is 42.6 Å². The van der Waals surface area contributed by atoms with Gasteiger partial charge in [0.2, 0.25) is 23.6 Å². The molecule has 58 heavy (non-hydrogen) atoms. The number of anilines is 1. The van der Waals surface area contributed by atoms with Gasteiger partial charge in [0.15, 0.2) is 0 Å². The van der Waals surface area contributed by atoms with E-state index in [2.05, 4.69) is 0 Å². The first-order chi connectivity index (χ1) is 27.9. The molecule has 6 aromatic rings. The van der Waals surface area contributed by atoms with Gasteiger partial charge in [-0.2, -0.15) is 5.10 Å². The zero-order valence-electron chi connectivity index (χ0n) is 32.0. The van der Waals surface area contributed by atoms with E-state index >= 15 is 9.59 Å². The number of halogens is 1. The number of thiophene rings is 1. The Morgan fingerprint density at radius 3 is 2.41 bits per heavy atom. The zero-order valence-corrected chi connectivity index (χ0v) is 33.6. The van der Waals surface area contributed by atoms with Crippen LogP contribution in [0.4, 0.5) is 5.82 Å². The number of carbonyl (C=O) groups excluding carboxylic acids is 4. The third-order valence-corrected chi connectivity index (χ3v) is 14.9. The third-order valence-electron chi connectivity index (χ3n) is 13.4. The molecule has 12 heteroatoms. The van der Waals surface area contributed by atoms with Crippen molar-refractivity contribution in [3.63, 3.8) is 0 Å². The zero-order chi connectivity index (χ0) is 40.4. The number of carbonyl (C=O) groups is 4. The topological polar surface area (TPSA) is 133 Å². The number of nitrogens with zero attached hydrogens (tertiary/aromatic N) is 4. The van der Waals surface area contributed by atoms with Crippen molar-refractivity contribution in [2.75, 3.05) is 11.4 Å². The minimum absolute atomic E-state index is 0.101. The quantitative estimate of drug-likeness (QED) is 0.128. The van der Waals surface area contributed by atoms with E-state index in [9.17, 15) is 19.8 Å². The monoisotopic (exact) mass is 810 g/mol. The van der Waals surface area contributed by atoms with Crippen molar-refractivity contribution in [3.05, 3.63) is 118 Å². The standard InChI is InChI=1S/C46H39ClN4O6S/c1-23-32-20-25(47)10-17-37(32)58-41(23)35-22-38(49(3)48-35)51-43(55)34-21-33-30(40(46(34,2)45(51)57)29-15-16-36(53)28-7-5-4-6-27(28)29)13-14-31-39(33)44(56)50(42(31)54)19-18-24-8-11-26(52)12-9-24/h4-13,15-17,20,22,31,33-34,39-40,52-53H,14,18-19,21H2,1-3H3/t31-,33+,34-,39-,40-,46+/m0/s1. The van der Waals surface area contributed by atoms with Gasteiger partial charge in [0, 0.05) is 40.7 Å². The first-order valence-electron chi connectivity index (χ1n) is 19.5. The Kier molecular flexibility index (Phi) is 8.27. The summed E-state index contributed by atoms with van der Waals surface area (Å²) in [5.74, 6) is -3.81. The number of fused-ring (bicyclic) bond motifs is 6. The van der Waals surface area contributed by atoms with Crippen LogP contribution in [0.3, 0.4) is 0 Å². The van der Waals surface area contributed by atoms with E-state index in [-0.39, 0.29) is 48.1 Å². The van der Waals surface area contributed by atoms with Gasteiger partial charge in [-0.25, -0.2) is 4.90 Å². The highest BCUT2D eigenvalue weighted by atomic mass is 35.5. The number of allylic oxidation sites excluding steroid dienone is 2. The van der Waals surface area contributed by atoms with E-state index in [1.54, 1.807) is 59.5 Å². The summed E-state index contributed by atoms with van der Waals surface area (Å²) in [6.45, 7) is 4.08.